The van der Waals surface area contributed by atoms with Crippen LogP contribution in [0, 0.1) is 18.6 Å². The van der Waals surface area contributed by atoms with Crippen molar-refractivity contribution in [3.8, 4) is 17.1 Å². The summed E-state index contributed by atoms with van der Waals surface area (Å²) in [6.07, 6.45) is 0.616. The first kappa shape index (κ1) is 30.3. The molecule has 0 atom stereocenters. The fourth-order valence-electron chi connectivity index (χ4n) is 4.52. The Kier molecular flexibility index (Phi) is 9.98. The molecule has 0 aliphatic heterocycles. The number of nitrogens with zero attached hydrogens (tertiary/aromatic N) is 3. The van der Waals surface area contributed by atoms with Gasteiger partial charge in [0.15, 0.2) is 0 Å². The largest absolute Gasteiger partial charge is 0.478 e. The van der Waals surface area contributed by atoms with Crippen molar-refractivity contribution in [1.82, 2.24) is 14.5 Å². The van der Waals surface area contributed by atoms with Crippen LogP contribution in [0.4, 0.5) is 8.78 Å². The van der Waals surface area contributed by atoms with E-state index >= 15 is 4.39 Å². The number of aliphatic hydroxyl groups excluding tert-OH is 1. The summed E-state index contributed by atoms with van der Waals surface area (Å²) >= 11 is 0. The lowest BCUT2D eigenvalue weighted by molar-refractivity contribution is 0.0697. The molecule has 0 unspecified atom stereocenters. The molecule has 5 rings (SSSR count). The summed E-state index contributed by atoms with van der Waals surface area (Å²) < 4.78 is 37.0. The number of ether oxygens (including phenoxy) is 1. The maximum atomic E-state index is 15.3. The van der Waals surface area contributed by atoms with Gasteiger partial charge in [-0.15, -0.1) is 0 Å². The van der Waals surface area contributed by atoms with Crippen molar-refractivity contribution in [1.29, 1.82) is 0 Å². The number of hydrogen-bond acceptors (Lipinski definition) is 5. The fourth-order valence-corrected chi connectivity index (χ4v) is 4.52. The SMILES string of the molecule is CC.Cc1ccc(COc2cccc(-c3ccc(Cc4nc5ccc(C(=O)O)cc5n4CCCO)c(F)c3)n2)c(F)c1. The van der Waals surface area contributed by atoms with E-state index in [1.165, 1.54) is 18.2 Å². The molecule has 218 valence electrons. The zero-order chi connectivity index (χ0) is 30.2. The van der Waals surface area contributed by atoms with Crippen LogP contribution in [-0.2, 0) is 19.6 Å². The number of imidazole rings is 1. The van der Waals surface area contributed by atoms with E-state index in [2.05, 4.69) is 9.97 Å². The Labute approximate surface area is 243 Å². The summed E-state index contributed by atoms with van der Waals surface area (Å²) in [7, 11) is 0. The van der Waals surface area contributed by atoms with Gasteiger partial charge in [-0.25, -0.2) is 23.5 Å². The number of halogens is 2. The minimum atomic E-state index is -1.05. The standard InChI is InChI=1S/C31H27F2N3O4.C2H6/c1-19-6-7-23(24(32)14-19)18-40-30-5-2-4-26(35-30)21-9-8-20(25(33)15-21)17-29-34-27-11-10-22(31(38)39)16-28(27)36(29)12-3-13-37;1-2/h2,4-11,14-16,37H,3,12-13,17-18H2,1H3,(H,38,39);1-2H3. The van der Waals surface area contributed by atoms with Gasteiger partial charge in [0, 0.05) is 36.8 Å². The minimum Gasteiger partial charge on any atom is -0.478 e. The van der Waals surface area contributed by atoms with Crippen LogP contribution in [0.3, 0.4) is 0 Å². The third-order valence-corrected chi connectivity index (χ3v) is 6.62. The number of aromatic nitrogens is 3. The van der Waals surface area contributed by atoms with Crippen LogP contribution >= 0.6 is 0 Å². The maximum Gasteiger partial charge on any atom is 0.335 e. The monoisotopic (exact) mass is 573 g/mol. The first-order valence-corrected chi connectivity index (χ1v) is 13.8. The highest BCUT2D eigenvalue weighted by atomic mass is 19.1. The van der Waals surface area contributed by atoms with Gasteiger partial charge in [-0.3, -0.25) is 0 Å². The zero-order valence-corrected chi connectivity index (χ0v) is 23.8. The van der Waals surface area contributed by atoms with Crippen LogP contribution < -0.4 is 4.74 Å². The Morgan fingerprint density at radius 1 is 0.929 bits per heavy atom. The molecule has 2 aromatic heterocycles. The van der Waals surface area contributed by atoms with Crippen molar-refractivity contribution < 1.29 is 28.5 Å². The number of pyridine rings is 1. The highest BCUT2D eigenvalue weighted by Crippen LogP contribution is 2.26. The number of rotatable bonds is 10. The zero-order valence-electron chi connectivity index (χ0n) is 23.8. The van der Waals surface area contributed by atoms with Crippen molar-refractivity contribution in [2.45, 2.75) is 46.8 Å². The second kappa shape index (κ2) is 13.8. The van der Waals surface area contributed by atoms with Crippen LogP contribution in [0.5, 0.6) is 5.88 Å². The Balaban J connectivity index is 0.00000198. The summed E-state index contributed by atoms with van der Waals surface area (Å²) in [6, 6.07) is 19.5. The predicted octanol–water partition coefficient (Wildman–Crippen LogP) is 6.96. The molecule has 0 aliphatic carbocycles. The highest BCUT2D eigenvalue weighted by molar-refractivity contribution is 5.92. The number of aliphatic hydroxyl groups is 1. The maximum absolute atomic E-state index is 15.3. The van der Waals surface area contributed by atoms with E-state index in [1.807, 2.05) is 31.4 Å². The van der Waals surface area contributed by atoms with E-state index in [-0.39, 0.29) is 31.0 Å². The second-order valence-corrected chi connectivity index (χ2v) is 9.49. The van der Waals surface area contributed by atoms with Crippen LogP contribution in [0.25, 0.3) is 22.3 Å². The lowest BCUT2D eigenvalue weighted by Gasteiger charge is -2.11. The number of fused-ring (bicyclic) bond motifs is 1. The molecule has 3 aromatic carbocycles. The molecule has 0 fully saturated rings. The Bertz CT molecular complexity index is 1700. The molecule has 5 aromatic rings. The third-order valence-electron chi connectivity index (χ3n) is 6.62. The number of hydrogen-bond donors (Lipinski definition) is 2. The summed E-state index contributed by atoms with van der Waals surface area (Å²) in [4.78, 5) is 20.5. The van der Waals surface area contributed by atoms with Gasteiger partial charge in [0.2, 0.25) is 5.88 Å². The van der Waals surface area contributed by atoms with Gasteiger partial charge in [-0.1, -0.05) is 44.2 Å². The van der Waals surface area contributed by atoms with Gasteiger partial charge in [0.25, 0.3) is 0 Å². The van der Waals surface area contributed by atoms with E-state index in [0.717, 1.165) is 5.56 Å². The molecule has 0 aliphatic rings. The normalized spacial score (nSPS) is 10.8. The van der Waals surface area contributed by atoms with Crippen LogP contribution in [0.1, 0.15) is 53.1 Å². The molecular weight excluding hydrogens is 540 g/mol. The number of carboxylic acid groups (broad SMARTS) is 1. The molecule has 2 N–H and O–H groups in total. The number of carbonyl (C=O) groups is 1. The molecule has 2 heterocycles. The summed E-state index contributed by atoms with van der Waals surface area (Å²) in [5.74, 6) is -0.986. The lowest BCUT2D eigenvalue weighted by atomic mass is 10.1. The summed E-state index contributed by atoms with van der Waals surface area (Å²) in [6.45, 7) is 6.19. The quantitative estimate of drug-likeness (QED) is 0.187. The topological polar surface area (TPSA) is 97.5 Å². The minimum absolute atomic E-state index is 0.0150. The van der Waals surface area contributed by atoms with E-state index < -0.39 is 11.8 Å². The van der Waals surface area contributed by atoms with E-state index in [0.29, 0.717) is 58.1 Å². The molecule has 9 heteroatoms. The van der Waals surface area contributed by atoms with Gasteiger partial charge in [0.1, 0.15) is 24.1 Å². The van der Waals surface area contributed by atoms with E-state index in [9.17, 15) is 19.4 Å². The van der Waals surface area contributed by atoms with Crippen LogP contribution in [-0.4, -0.2) is 37.3 Å². The van der Waals surface area contributed by atoms with E-state index in [4.69, 9.17) is 4.74 Å². The van der Waals surface area contributed by atoms with Gasteiger partial charge in [0.05, 0.1) is 22.3 Å². The molecule has 42 heavy (non-hydrogen) atoms. The first-order chi connectivity index (χ1) is 20.3. The molecule has 0 radical (unpaired) electrons. The van der Waals surface area contributed by atoms with Crippen molar-refractivity contribution >= 4 is 17.0 Å². The molecular formula is C33H33F2N3O4. The van der Waals surface area contributed by atoms with Gasteiger partial charge in [-0.2, -0.15) is 0 Å². The van der Waals surface area contributed by atoms with Gasteiger partial charge < -0.3 is 19.5 Å². The van der Waals surface area contributed by atoms with Crippen LogP contribution in [0.15, 0.2) is 72.8 Å². The Hall–Kier alpha value is -4.63. The highest BCUT2D eigenvalue weighted by Gasteiger charge is 2.16. The number of benzene rings is 3. The van der Waals surface area contributed by atoms with Crippen LogP contribution in [0.2, 0.25) is 0 Å². The van der Waals surface area contributed by atoms with Gasteiger partial charge >= 0.3 is 5.97 Å². The predicted molar refractivity (Wildman–Crippen MR) is 158 cm³/mol. The van der Waals surface area contributed by atoms with Crippen molar-refractivity contribution in [3.05, 3.63) is 113 Å². The molecule has 0 bridgehead atoms. The number of carboxylic acids is 1. The Morgan fingerprint density at radius 2 is 1.69 bits per heavy atom. The van der Waals surface area contributed by atoms with Crippen molar-refractivity contribution in [2.75, 3.05) is 6.61 Å². The summed E-state index contributed by atoms with van der Waals surface area (Å²) in [5, 5.41) is 18.7. The molecule has 0 saturated heterocycles. The lowest BCUT2D eigenvalue weighted by Crippen LogP contribution is -2.07. The second-order valence-electron chi connectivity index (χ2n) is 9.49. The first-order valence-electron chi connectivity index (χ1n) is 13.8. The molecule has 7 nitrogen and oxygen atoms in total. The molecule has 0 amide bonds. The van der Waals surface area contributed by atoms with Gasteiger partial charge in [-0.05, 0) is 60.9 Å². The molecule has 0 saturated carbocycles. The van der Waals surface area contributed by atoms with E-state index in [1.54, 1.807) is 48.5 Å². The average molecular weight is 574 g/mol. The third kappa shape index (κ3) is 6.98. The average Bonchev–Trinajstić information content (AvgIpc) is 3.33. The van der Waals surface area contributed by atoms with Crippen molar-refractivity contribution in [3.63, 3.8) is 0 Å². The number of aryl methyl sites for hydroxylation is 2. The fraction of sp³-hybridized carbons (Fsp3) is 0.242. The number of aromatic carboxylic acids is 1. The Morgan fingerprint density at radius 3 is 2.40 bits per heavy atom. The van der Waals surface area contributed by atoms with Crippen molar-refractivity contribution in [2.24, 2.45) is 0 Å². The molecule has 0 spiro atoms. The smallest absolute Gasteiger partial charge is 0.335 e. The summed E-state index contributed by atoms with van der Waals surface area (Å²) in [5.41, 5.74) is 4.04.